The zero-order chi connectivity index (χ0) is 11.0. The van der Waals surface area contributed by atoms with E-state index in [1.165, 1.54) is 5.56 Å². The summed E-state index contributed by atoms with van der Waals surface area (Å²) in [5, 5.41) is 8.80. The molecule has 0 amide bonds. The van der Waals surface area contributed by atoms with Crippen molar-refractivity contribution in [2.75, 3.05) is 0 Å². The Morgan fingerprint density at radius 2 is 1.75 bits per heavy atom. The van der Waals surface area contributed by atoms with E-state index in [1.54, 1.807) is 4.80 Å². The Bertz CT molecular complexity index is 607. The molecule has 0 bridgehead atoms. The topological polar surface area (TPSA) is 30.7 Å². The van der Waals surface area contributed by atoms with E-state index in [-0.39, 0.29) is 0 Å². The van der Waals surface area contributed by atoms with Crippen molar-refractivity contribution < 1.29 is 0 Å². The summed E-state index contributed by atoms with van der Waals surface area (Å²) in [6.45, 7) is 2.04. The molecule has 1 radical (unpaired) electrons. The van der Waals surface area contributed by atoms with Gasteiger partial charge in [-0.3, -0.25) is 0 Å². The second-order valence-electron chi connectivity index (χ2n) is 3.73. The van der Waals surface area contributed by atoms with Crippen LogP contribution in [0.15, 0.2) is 42.5 Å². The molecule has 16 heavy (non-hydrogen) atoms. The van der Waals surface area contributed by atoms with E-state index < -0.39 is 0 Å². The van der Waals surface area contributed by atoms with E-state index >= 15 is 0 Å². The van der Waals surface area contributed by atoms with Gasteiger partial charge in [0.05, 0.1) is 5.69 Å². The molecule has 0 aliphatic carbocycles. The lowest BCUT2D eigenvalue weighted by atomic mass is 10.2. The first-order valence-electron chi connectivity index (χ1n) is 5.14. The summed E-state index contributed by atoms with van der Waals surface area (Å²) in [6, 6.07) is 16.9. The third-order valence-corrected chi connectivity index (χ3v) is 2.44. The SMILES string of the molecule is Cc1cc[c]c(-n2nc3ccccc3n2)c1. The van der Waals surface area contributed by atoms with Crippen molar-refractivity contribution in [2.24, 2.45) is 0 Å². The molecular weight excluding hydrogens is 198 g/mol. The van der Waals surface area contributed by atoms with E-state index in [1.807, 2.05) is 49.4 Å². The summed E-state index contributed by atoms with van der Waals surface area (Å²) in [6.07, 6.45) is 0. The van der Waals surface area contributed by atoms with Crippen molar-refractivity contribution in [3.63, 3.8) is 0 Å². The van der Waals surface area contributed by atoms with Crippen molar-refractivity contribution in [2.45, 2.75) is 6.92 Å². The van der Waals surface area contributed by atoms with Gasteiger partial charge in [-0.2, -0.15) is 0 Å². The highest BCUT2D eigenvalue weighted by molar-refractivity contribution is 5.73. The van der Waals surface area contributed by atoms with Crippen LogP contribution >= 0.6 is 0 Å². The third-order valence-electron chi connectivity index (χ3n) is 2.44. The second-order valence-corrected chi connectivity index (χ2v) is 3.73. The molecule has 0 saturated carbocycles. The first kappa shape index (κ1) is 9.09. The van der Waals surface area contributed by atoms with E-state index in [9.17, 15) is 0 Å². The summed E-state index contributed by atoms with van der Waals surface area (Å²) in [5.41, 5.74) is 3.85. The van der Waals surface area contributed by atoms with Crippen molar-refractivity contribution in [1.29, 1.82) is 0 Å². The van der Waals surface area contributed by atoms with E-state index in [0.717, 1.165) is 16.7 Å². The third kappa shape index (κ3) is 1.46. The Balaban J connectivity index is 2.19. The van der Waals surface area contributed by atoms with Gasteiger partial charge in [0.15, 0.2) is 0 Å². The smallest absolute Gasteiger partial charge is 0.113 e. The maximum atomic E-state index is 4.40. The second kappa shape index (κ2) is 3.45. The number of aryl methyl sites for hydroxylation is 1. The molecule has 0 atom stereocenters. The highest BCUT2D eigenvalue weighted by Gasteiger charge is 2.03. The lowest BCUT2D eigenvalue weighted by Gasteiger charge is -1.98. The van der Waals surface area contributed by atoms with Gasteiger partial charge in [-0.15, -0.1) is 15.0 Å². The lowest BCUT2D eigenvalue weighted by Crippen LogP contribution is -1.98. The summed E-state index contributed by atoms with van der Waals surface area (Å²) in [7, 11) is 0. The molecule has 2 aromatic carbocycles. The Labute approximate surface area is 93.3 Å². The maximum Gasteiger partial charge on any atom is 0.113 e. The van der Waals surface area contributed by atoms with Gasteiger partial charge in [0.1, 0.15) is 11.0 Å². The summed E-state index contributed by atoms with van der Waals surface area (Å²) in [5.74, 6) is 0. The molecule has 3 aromatic rings. The fraction of sp³-hybridized carbons (Fsp3) is 0.0769. The van der Waals surface area contributed by atoms with Gasteiger partial charge in [-0.05, 0) is 30.7 Å². The highest BCUT2D eigenvalue weighted by atomic mass is 15.5. The quantitative estimate of drug-likeness (QED) is 0.615. The zero-order valence-corrected chi connectivity index (χ0v) is 8.88. The van der Waals surface area contributed by atoms with Crippen LogP contribution < -0.4 is 0 Å². The average molecular weight is 208 g/mol. The number of benzene rings is 2. The molecule has 0 N–H and O–H groups in total. The van der Waals surface area contributed by atoms with Crippen LogP contribution in [-0.4, -0.2) is 15.0 Å². The summed E-state index contributed by atoms with van der Waals surface area (Å²) >= 11 is 0. The van der Waals surface area contributed by atoms with Crippen LogP contribution in [0.2, 0.25) is 0 Å². The largest absolute Gasteiger partial charge is 0.150 e. The predicted molar refractivity (Wildman–Crippen MR) is 62.4 cm³/mol. The minimum atomic E-state index is 0.871. The van der Waals surface area contributed by atoms with Crippen LogP contribution in [0.1, 0.15) is 5.56 Å². The number of rotatable bonds is 1. The first-order chi connectivity index (χ1) is 7.83. The molecule has 3 nitrogen and oxygen atoms in total. The molecule has 3 heteroatoms. The molecular formula is C13H10N3. The molecule has 0 spiro atoms. The Morgan fingerprint density at radius 3 is 2.38 bits per heavy atom. The van der Waals surface area contributed by atoms with Crippen molar-refractivity contribution >= 4 is 11.0 Å². The van der Waals surface area contributed by atoms with Crippen molar-refractivity contribution in [3.8, 4) is 5.69 Å². The number of hydrogen-bond donors (Lipinski definition) is 0. The summed E-state index contributed by atoms with van der Waals surface area (Å²) in [4.78, 5) is 1.62. The molecule has 0 aliphatic rings. The average Bonchev–Trinajstić information content (AvgIpc) is 2.72. The molecule has 0 saturated heterocycles. The van der Waals surface area contributed by atoms with E-state index in [2.05, 4.69) is 16.3 Å². The van der Waals surface area contributed by atoms with Crippen LogP contribution in [0, 0.1) is 13.0 Å². The lowest BCUT2D eigenvalue weighted by molar-refractivity contribution is 0.764. The predicted octanol–water partition coefficient (Wildman–Crippen LogP) is 2.53. The molecule has 1 aromatic heterocycles. The first-order valence-corrected chi connectivity index (χ1v) is 5.14. The standard InChI is InChI=1S/C13H10N3/c1-10-5-4-6-11(9-10)16-14-12-7-2-3-8-13(12)15-16/h2-5,7-9H,1H3. The van der Waals surface area contributed by atoms with Gasteiger partial charge in [0.25, 0.3) is 0 Å². The van der Waals surface area contributed by atoms with Gasteiger partial charge in [-0.1, -0.05) is 24.3 Å². The molecule has 0 aliphatic heterocycles. The number of aromatic nitrogens is 3. The minimum Gasteiger partial charge on any atom is -0.150 e. The highest BCUT2D eigenvalue weighted by Crippen LogP contribution is 2.12. The van der Waals surface area contributed by atoms with Gasteiger partial charge in [-0.25, -0.2) is 0 Å². The fourth-order valence-electron chi connectivity index (χ4n) is 1.65. The van der Waals surface area contributed by atoms with Gasteiger partial charge < -0.3 is 0 Å². The van der Waals surface area contributed by atoms with Crippen LogP contribution in [0.3, 0.4) is 0 Å². The maximum absolute atomic E-state index is 4.40. The van der Waals surface area contributed by atoms with Crippen LogP contribution in [-0.2, 0) is 0 Å². The Kier molecular flexibility index (Phi) is 1.96. The van der Waals surface area contributed by atoms with Crippen LogP contribution in [0.5, 0.6) is 0 Å². The number of nitrogens with zero attached hydrogens (tertiary/aromatic N) is 3. The minimum absolute atomic E-state index is 0.871. The zero-order valence-electron chi connectivity index (χ0n) is 8.88. The van der Waals surface area contributed by atoms with Crippen LogP contribution in [0.25, 0.3) is 16.7 Å². The summed E-state index contributed by atoms with van der Waals surface area (Å²) < 4.78 is 0. The normalized spacial score (nSPS) is 10.8. The number of hydrogen-bond acceptors (Lipinski definition) is 2. The van der Waals surface area contributed by atoms with Gasteiger partial charge in [0.2, 0.25) is 0 Å². The number of fused-ring (bicyclic) bond motifs is 1. The molecule has 77 valence electrons. The van der Waals surface area contributed by atoms with Crippen LogP contribution in [0.4, 0.5) is 0 Å². The van der Waals surface area contributed by atoms with E-state index in [0.29, 0.717) is 0 Å². The molecule has 3 rings (SSSR count). The van der Waals surface area contributed by atoms with E-state index in [4.69, 9.17) is 0 Å². The molecule has 1 heterocycles. The fourth-order valence-corrected chi connectivity index (χ4v) is 1.65. The van der Waals surface area contributed by atoms with Gasteiger partial charge in [0, 0.05) is 6.07 Å². The molecule has 0 fully saturated rings. The molecule has 0 unspecified atom stereocenters. The van der Waals surface area contributed by atoms with Crippen molar-refractivity contribution in [1.82, 2.24) is 15.0 Å². The Morgan fingerprint density at radius 1 is 1.06 bits per heavy atom. The monoisotopic (exact) mass is 208 g/mol. The van der Waals surface area contributed by atoms with Gasteiger partial charge >= 0.3 is 0 Å². The van der Waals surface area contributed by atoms with Crippen molar-refractivity contribution in [3.05, 3.63) is 54.1 Å². The Hall–Kier alpha value is -2.16.